The molecule has 1 N–H and O–H groups in total. The molecule has 0 heterocycles. The Kier molecular flexibility index (Phi) is 5.55. The molecule has 1 atom stereocenters. The fourth-order valence-electron chi connectivity index (χ4n) is 2.13. The monoisotopic (exact) mass is 396 g/mol. The summed E-state index contributed by atoms with van der Waals surface area (Å²) >= 11 is 2.00. The minimum Gasteiger partial charge on any atom is -0.383 e. The van der Waals surface area contributed by atoms with Crippen molar-refractivity contribution in [2.45, 2.75) is 25.8 Å². The van der Waals surface area contributed by atoms with Crippen LogP contribution in [0, 0.1) is 13.7 Å². The van der Waals surface area contributed by atoms with Gasteiger partial charge in [-0.25, -0.2) is 0 Å². The van der Waals surface area contributed by atoms with E-state index in [1.807, 2.05) is 46.9 Å². The number of nitrogens with one attached hydrogen (secondary N) is 1. The average molecular weight is 396 g/mol. The highest BCUT2D eigenvalue weighted by Crippen LogP contribution is 2.24. The Morgan fingerprint density at radius 1 is 1.24 bits per heavy atom. The molecule has 0 bridgehead atoms. The molecule has 0 aliphatic carbocycles. The van der Waals surface area contributed by atoms with Crippen molar-refractivity contribution < 1.29 is 4.92 Å². The van der Waals surface area contributed by atoms with Crippen LogP contribution in [-0.4, -0.2) is 11.0 Å². The summed E-state index contributed by atoms with van der Waals surface area (Å²) in [6.07, 6.45) is 2.02. The lowest BCUT2D eigenvalue weighted by molar-refractivity contribution is -0.385. The molecule has 2 rings (SSSR count). The number of benzene rings is 2. The van der Waals surface area contributed by atoms with Crippen LogP contribution in [0.4, 0.5) is 11.4 Å². The van der Waals surface area contributed by atoms with E-state index < -0.39 is 0 Å². The summed E-state index contributed by atoms with van der Waals surface area (Å²) in [6.45, 7) is 2.12. The van der Waals surface area contributed by atoms with Crippen molar-refractivity contribution in [1.29, 1.82) is 0 Å². The summed E-state index contributed by atoms with van der Waals surface area (Å²) in [6, 6.07) is 15.8. The van der Waals surface area contributed by atoms with Gasteiger partial charge in [0.05, 0.1) is 8.49 Å². The Morgan fingerprint density at radius 3 is 2.57 bits per heavy atom. The van der Waals surface area contributed by atoms with E-state index in [0.29, 0.717) is 9.61 Å². The van der Waals surface area contributed by atoms with Gasteiger partial charge in [-0.2, -0.15) is 0 Å². The van der Waals surface area contributed by atoms with E-state index in [1.54, 1.807) is 12.1 Å². The summed E-state index contributed by atoms with van der Waals surface area (Å²) in [5.74, 6) is 0. The summed E-state index contributed by atoms with van der Waals surface area (Å²) < 4.78 is 0.651. The van der Waals surface area contributed by atoms with Crippen LogP contribution in [0.25, 0.3) is 0 Å². The van der Waals surface area contributed by atoms with Crippen molar-refractivity contribution >= 4 is 34.0 Å². The normalized spacial score (nSPS) is 11.9. The zero-order valence-electron chi connectivity index (χ0n) is 11.8. The van der Waals surface area contributed by atoms with Gasteiger partial charge in [0.2, 0.25) is 0 Å². The second-order valence-electron chi connectivity index (χ2n) is 4.99. The molecule has 0 saturated heterocycles. The highest BCUT2D eigenvalue weighted by molar-refractivity contribution is 14.1. The molecule has 0 radical (unpaired) electrons. The number of hydrogen-bond donors (Lipinski definition) is 1. The molecule has 4 nitrogen and oxygen atoms in total. The lowest BCUT2D eigenvalue weighted by atomic mass is 10.1. The van der Waals surface area contributed by atoms with E-state index in [9.17, 15) is 10.1 Å². The molecule has 0 saturated carbocycles. The van der Waals surface area contributed by atoms with Gasteiger partial charge in [0.1, 0.15) is 0 Å². The molecule has 2 aromatic rings. The highest BCUT2D eigenvalue weighted by Gasteiger charge is 2.12. The van der Waals surface area contributed by atoms with E-state index in [2.05, 4.69) is 24.4 Å². The molecule has 5 heteroatoms. The Labute approximate surface area is 137 Å². The molecule has 0 amide bonds. The van der Waals surface area contributed by atoms with Crippen LogP contribution in [0.5, 0.6) is 0 Å². The van der Waals surface area contributed by atoms with Crippen molar-refractivity contribution in [3.8, 4) is 0 Å². The van der Waals surface area contributed by atoms with Gasteiger partial charge in [-0.3, -0.25) is 10.1 Å². The van der Waals surface area contributed by atoms with Gasteiger partial charge in [0.15, 0.2) is 0 Å². The van der Waals surface area contributed by atoms with Gasteiger partial charge in [0.25, 0.3) is 5.69 Å². The third-order valence-electron chi connectivity index (χ3n) is 3.27. The molecule has 0 spiro atoms. The summed E-state index contributed by atoms with van der Waals surface area (Å²) in [5, 5.41) is 14.2. The predicted molar refractivity (Wildman–Crippen MR) is 93.7 cm³/mol. The number of anilines is 1. The second-order valence-corrected chi connectivity index (χ2v) is 6.16. The van der Waals surface area contributed by atoms with Crippen molar-refractivity contribution in [2.24, 2.45) is 0 Å². The van der Waals surface area contributed by atoms with Gasteiger partial charge in [-0.15, -0.1) is 0 Å². The summed E-state index contributed by atoms with van der Waals surface area (Å²) in [7, 11) is 0. The Morgan fingerprint density at radius 2 is 1.95 bits per heavy atom. The van der Waals surface area contributed by atoms with Crippen molar-refractivity contribution in [1.82, 2.24) is 0 Å². The van der Waals surface area contributed by atoms with Crippen molar-refractivity contribution in [2.75, 3.05) is 5.32 Å². The molecule has 0 aromatic heterocycles. The molecular formula is C16H17IN2O2. The number of nitrogens with zero attached hydrogens (tertiary/aromatic N) is 1. The minimum absolute atomic E-state index is 0.151. The zero-order valence-corrected chi connectivity index (χ0v) is 13.9. The Balaban J connectivity index is 1.92. The van der Waals surface area contributed by atoms with Crippen LogP contribution >= 0.6 is 22.6 Å². The van der Waals surface area contributed by atoms with E-state index in [1.165, 1.54) is 5.56 Å². The van der Waals surface area contributed by atoms with Crippen LogP contribution in [-0.2, 0) is 6.42 Å². The number of hydrogen-bond acceptors (Lipinski definition) is 3. The van der Waals surface area contributed by atoms with E-state index >= 15 is 0 Å². The third-order valence-corrected chi connectivity index (χ3v) is 4.13. The van der Waals surface area contributed by atoms with Gasteiger partial charge < -0.3 is 5.32 Å². The molecule has 21 heavy (non-hydrogen) atoms. The second kappa shape index (κ2) is 7.40. The SMILES string of the molecule is CC(CCc1ccccc1)Nc1ccc([N+](=O)[O-])c(I)c1. The van der Waals surface area contributed by atoms with Crippen LogP contribution < -0.4 is 5.32 Å². The molecular weight excluding hydrogens is 379 g/mol. The summed E-state index contributed by atoms with van der Waals surface area (Å²) in [5.41, 5.74) is 2.40. The average Bonchev–Trinajstić information content (AvgIpc) is 2.46. The number of nitro benzene ring substituents is 1. The maximum atomic E-state index is 10.8. The number of aryl methyl sites for hydroxylation is 1. The van der Waals surface area contributed by atoms with Gasteiger partial charge in [-0.1, -0.05) is 30.3 Å². The molecule has 1 unspecified atom stereocenters. The largest absolute Gasteiger partial charge is 0.383 e. The van der Waals surface area contributed by atoms with Crippen LogP contribution in [0.2, 0.25) is 0 Å². The lowest BCUT2D eigenvalue weighted by Crippen LogP contribution is -2.16. The predicted octanol–water partition coefficient (Wildman–Crippen LogP) is 4.63. The number of rotatable bonds is 6. The maximum absolute atomic E-state index is 10.8. The molecule has 0 aliphatic heterocycles. The van der Waals surface area contributed by atoms with Crippen LogP contribution in [0.3, 0.4) is 0 Å². The minimum atomic E-state index is -0.357. The van der Waals surface area contributed by atoms with Gasteiger partial charge >= 0.3 is 0 Å². The first-order chi connectivity index (χ1) is 10.1. The Hall–Kier alpha value is -1.63. The zero-order chi connectivity index (χ0) is 15.2. The van der Waals surface area contributed by atoms with Crippen LogP contribution in [0.15, 0.2) is 48.5 Å². The number of nitro groups is 1. The Bertz CT molecular complexity index is 617. The molecule has 110 valence electrons. The lowest BCUT2D eigenvalue weighted by Gasteiger charge is -2.15. The van der Waals surface area contributed by atoms with Crippen molar-refractivity contribution in [3.05, 3.63) is 67.8 Å². The van der Waals surface area contributed by atoms with Gasteiger partial charge in [0, 0.05) is 17.8 Å². The fourth-order valence-corrected chi connectivity index (χ4v) is 2.84. The maximum Gasteiger partial charge on any atom is 0.282 e. The fraction of sp³-hybridized carbons (Fsp3) is 0.250. The standard InChI is InChI=1S/C16H17IN2O2/c1-12(7-8-13-5-3-2-4-6-13)18-14-9-10-16(19(20)21)15(17)11-14/h2-6,9-12,18H,7-8H2,1H3. The van der Waals surface area contributed by atoms with Crippen molar-refractivity contribution in [3.63, 3.8) is 0 Å². The number of halogens is 1. The van der Waals surface area contributed by atoms with E-state index in [4.69, 9.17) is 0 Å². The topological polar surface area (TPSA) is 55.2 Å². The first-order valence-electron chi connectivity index (χ1n) is 6.80. The smallest absolute Gasteiger partial charge is 0.282 e. The summed E-state index contributed by atoms with van der Waals surface area (Å²) in [4.78, 5) is 10.4. The first kappa shape index (κ1) is 15.8. The third kappa shape index (κ3) is 4.70. The molecule has 0 fully saturated rings. The quantitative estimate of drug-likeness (QED) is 0.440. The van der Waals surface area contributed by atoms with Crippen LogP contribution in [0.1, 0.15) is 18.9 Å². The van der Waals surface area contributed by atoms with E-state index in [-0.39, 0.29) is 10.6 Å². The van der Waals surface area contributed by atoms with Gasteiger partial charge in [-0.05, 0) is 60.1 Å². The molecule has 0 aliphatic rings. The first-order valence-corrected chi connectivity index (χ1v) is 7.88. The van der Waals surface area contributed by atoms with E-state index in [0.717, 1.165) is 18.5 Å². The molecule has 2 aromatic carbocycles. The highest BCUT2D eigenvalue weighted by atomic mass is 127.